The van der Waals surface area contributed by atoms with E-state index in [-0.39, 0.29) is 0 Å². The summed E-state index contributed by atoms with van der Waals surface area (Å²) in [6, 6.07) is 65.7. The van der Waals surface area contributed by atoms with Crippen molar-refractivity contribution >= 4 is 43.9 Å². The number of furan rings is 2. The lowest BCUT2D eigenvalue weighted by molar-refractivity contribution is 0.669. The Hall–Kier alpha value is -7.56. The molecule has 11 rings (SSSR count). The normalized spacial score (nSPS) is 11.6. The number of hydrogen-bond donors (Lipinski definition) is 0. The lowest BCUT2D eigenvalue weighted by Gasteiger charge is -2.10. The fraction of sp³-hybridized carbons (Fsp3) is 0. The lowest BCUT2D eigenvalue weighted by atomic mass is 9.95. The zero-order valence-electron chi connectivity index (χ0n) is 30.2. The Bertz CT molecular complexity index is 3060. The number of fused-ring (bicyclic) bond motifs is 6. The molecule has 0 saturated heterocycles. The van der Waals surface area contributed by atoms with Crippen molar-refractivity contribution in [3.05, 3.63) is 194 Å². The number of hydrogen-bond acceptors (Lipinski definition) is 4. The molecule has 11 aromatic rings. The molecule has 3 aromatic heterocycles. The van der Waals surface area contributed by atoms with Crippen molar-refractivity contribution < 1.29 is 8.83 Å². The van der Waals surface area contributed by atoms with E-state index in [9.17, 15) is 0 Å². The Labute approximate surface area is 323 Å². The SMILES string of the molecule is c1cc(-c2cccc(-c3cccc4c3oc3ccccc34)c2)cc(-c2cc(-c3cccc(-c4cccc(-c5cccc6c5oc5ccccc56)c4)c3)ncn2)c1. The molecule has 0 aliphatic rings. The molecule has 8 aromatic carbocycles. The minimum Gasteiger partial charge on any atom is -0.455 e. The van der Waals surface area contributed by atoms with Crippen molar-refractivity contribution in [1.29, 1.82) is 0 Å². The maximum absolute atomic E-state index is 6.37. The van der Waals surface area contributed by atoms with Crippen LogP contribution in [0.15, 0.2) is 203 Å². The predicted molar refractivity (Wildman–Crippen MR) is 229 cm³/mol. The van der Waals surface area contributed by atoms with Crippen LogP contribution in [0.2, 0.25) is 0 Å². The van der Waals surface area contributed by atoms with E-state index in [1.165, 1.54) is 0 Å². The summed E-state index contributed by atoms with van der Waals surface area (Å²) < 4.78 is 12.7. The molecule has 0 spiro atoms. The van der Waals surface area contributed by atoms with Crippen LogP contribution < -0.4 is 0 Å². The first kappa shape index (κ1) is 31.9. The van der Waals surface area contributed by atoms with Crippen molar-refractivity contribution in [3.63, 3.8) is 0 Å². The zero-order valence-corrected chi connectivity index (χ0v) is 30.2. The molecule has 0 amide bonds. The fourth-order valence-corrected chi connectivity index (χ4v) is 8.07. The average Bonchev–Trinajstić information content (AvgIpc) is 3.86. The third kappa shape index (κ3) is 5.47. The third-order valence-corrected chi connectivity index (χ3v) is 10.8. The van der Waals surface area contributed by atoms with Crippen molar-refractivity contribution in [2.75, 3.05) is 0 Å². The van der Waals surface area contributed by atoms with Gasteiger partial charge in [0, 0.05) is 43.8 Å². The Kier molecular flexibility index (Phi) is 7.46. The van der Waals surface area contributed by atoms with Crippen molar-refractivity contribution in [1.82, 2.24) is 9.97 Å². The molecule has 0 saturated carbocycles. The summed E-state index contributed by atoms with van der Waals surface area (Å²) in [6.45, 7) is 0. The van der Waals surface area contributed by atoms with Gasteiger partial charge >= 0.3 is 0 Å². The summed E-state index contributed by atoms with van der Waals surface area (Å²) in [7, 11) is 0. The second-order valence-electron chi connectivity index (χ2n) is 14.2. The standard InChI is InChI=1S/C52H32N2O2/c1-3-25-49-43(19-1)45-23-9-21-41(51(45)55-49)37-15-5-11-33(27-37)35-13-7-17-39(29-35)47-31-48(54-32-53-47)40-18-8-14-36(30-40)34-12-6-16-38(28-34)42-22-10-24-46-44-20-2-4-26-50(44)56-52(42)46/h1-32H. The Balaban J connectivity index is 0.907. The minimum absolute atomic E-state index is 0.867. The van der Waals surface area contributed by atoms with Crippen LogP contribution in [0.1, 0.15) is 0 Å². The topological polar surface area (TPSA) is 52.1 Å². The van der Waals surface area contributed by atoms with Crippen LogP contribution >= 0.6 is 0 Å². The van der Waals surface area contributed by atoms with Crippen molar-refractivity contribution in [3.8, 4) is 67.0 Å². The molecule has 0 atom stereocenters. The van der Waals surface area contributed by atoms with Gasteiger partial charge in [-0.05, 0) is 75.8 Å². The molecule has 3 heterocycles. The minimum atomic E-state index is 0.867. The molecule has 0 aliphatic carbocycles. The van der Waals surface area contributed by atoms with Gasteiger partial charge in [-0.3, -0.25) is 0 Å². The Morgan fingerprint density at radius 3 is 1.11 bits per heavy atom. The van der Waals surface area contributed by atoms with Gasteiger partial charge in [-0.15, -0.1) is 0 Å². The van der Waals surface area contributed by atoms with Crippen LogP contribution in [0.4, 0.5) is 0 Å². The van der Waals surface area contributed by atoms with Gasteiger partial charge in [0.2, 0.25) is 0 Å². The summed E-state index contributed by atoms with van der Waals surface area (Å²) in [5.41, 5.74) is 16.3. The van der Waals surface area contributed by atoms with Crippen molar-refractivity contribution in [2.24, 2.45) is 0 Å². The summed E-state index contributed by atoms with van der Waals surface area (Å²) in [6.07, 6.45) is 1.66. The highest BCUT2D eigenvalue weighted by atomic mass is 16.3. The smallest absolute Gasteiger partial charge is 0.143 e. The predicted octanol–water partition coefficient (Wildman–Crippen LogP) is 14.3. The number of aromatic nitrogens is 2. The highest BCUT2D eigenvalue weighted by Crippen LogP contribution is 2.39. The van der Waals surface area contributed by atoms with Crippen LogP contribution in [-0.2, 0) is 0 Å². The van der Waals surface area contributed by atoms with Crippen molar-refractivity contribution in [2.45, 2.75) is 0 Å². The molecule has 0 N–H and O–H groups in total. The van der Waals surface area contributed by atoms with Crippen LogP contribution in [0.25, 0.3) is 111 Å². The summed E-state index contributed by atoms with van der Waals surface area (Å²) in [5.74, 6) is 0. The number of rotatable bonds is 6. The molecule has 262 valence electrons. The van der Waals surface area contributed by atoms with E-state index in [1.54, 1.807) is 6.33 Å². The van der Waals surface area contributed by atoms with E-state index >= 15 is 0 Å². The fourth-order valence-electron chi connectivity index (χ4n) is 8.07. The summed E-state index contributed by atoms with van der Waals surface area (Å²) in [5, 5.41) is 4.51. The third-order valence-electron chi connectivity index (χ3n) is 10.8. The molecule has 56 heavy (non-hydrogen) atoms. The second kappa shape index (κ2) is 13.1. The van der Waals surface area contributed by atoms with Gasteiger partial charge < -0.3 is 8.83 Å². The molecule has 4 nitrogen and oxygen atoms in total. The summed E-state index contributed by atoms with van der Waals surface area (Å²) >= 11 is 0. The zero-order chi connectivity index (χ0) is 37.0. The molecule has 0 fully saturated rings. The van der Waals surface area contributed by atoms with E-state index in [4.69, 9.17) is 18.8 Å². The van der Waals surface area contributed by atoms with Crippen LogP contribution in [0, 0.1) is 0 Å². The van der Waals surface area contributed by atoms with E-state index < -0.39 is 0 Å². The van der Waals surface area contributed by atoms with Gasteiger partial charge in [-0.25, -0.2) is 9.97 Å². The first-order valence-corrected chi connectivity index (χ1v) is 18.8. The van der Waals surface area contributed by atoms with Crippen LogP contribution in [-0.4, -0.2) is 9.97 Å². The molecular formula is C52H32N2O2. The Morgan fingerprint density at radius 2 is 0.643 bits per heavy atom. The highest BCUT2D eigenvalue weighted by Gasteiger charge is 2.15. The second-order valence-corrected chi connectivity index (χ2v) is 14.2. The first-order chi connectivity index (χ1) is 27.7. The van der Waals surface area contributed by atoms with Gasteiger partial charge in [-0.2, -0.15) is 0 Å². The summed E-state index contributed by atoms with van der Waals surface area (Å²) in [4.78, 5) is 9.45. The maximum Gasteiger partial charge on any atom is 0.143 e. The van der Waals surface area contributed by atoms with Gasteiger partial charge in [0.05, 0.1) is 11.4 Å². The molecular weight excluding hydrogens is 685 g/mol. The molecule has 4 heteroatoms. The van der Waals surface area contributed by atoms with Gasteiger partial charge in [0.1, 0.15) is 28.7 Å². The van der Waals surface area contributed by atoms with E-state index in [0.29, 0.717) is 0 Å². The molecule has 0 unspecified atom stereocenters. The Morgan fingerprint density at radius 1 is 0.286 bits per heavy atom. The maximum atomic E-state index is 6.37. The molecule has 0 bridgehead atoms. The molecule has 0 aliphatic heterocycles. The van der Waals surface area contributed by atoms with Gasteiger partial charge in [-0.1, -0.05) is 146 Å². The van der Waals surface area contributed by atoms with E-state index in [1.807, 2.05) is 24.3 Å². The van der Waals surface area contributed by atoms with E-state index in [2.05, 4.69) is 164 Å². The van der Waals surface area contributed by atoms with Gasteiger partial charge in [0.25, 0.3) is 0 Å². The number of benzene rings is 8. The highest BCUT2D eigenvalue weighted by molar-refractivity contribution is 6.10. The molecule has 0 radical (unpaired) electrons. The average molecular weight is 717 g/mol. The van der Waals surface area contributed by atoms with Crippen LogP contribution in [0.3, 0.4) is 0 Å². The number of nitrogens with zero attached hydrogens (tertiary/aromatic N) is 2. The van der Waals surface area contributed by atoms with E-state index in [0.717, 1.165) is 111 Å². The quantitative estimate of drug-likeness (QED) is 0.172. The van der Waals surface area contributed by atoms with Crippen LogP contribution in [0.5, 0.6) is 0 Å². The first-order valence-electron chi connectivity index (χ1n) is 18.8. The largest absolute Gasteiger partial charge is 0.455 e. The number of para-hydroxylation sites is 4. The monoisotopic (exact) mass is 716 g/mol. The van der Waals surface area contributed by atoms with Gasteiger partial charge in [0.15, 0.2) is 0 Å². The lowest BCUT2D eigenvalue weighted by Crippen LogP contribution is -1.91.